The van der Waals surface area contributed by atoms with Crippen molar-refractivity contribution in [3.63, 3.8) is 0 Å². The van der Waals surface area contributed by atoms with Gasteiger partial charge in [-0.05, 0) is 24.3 Å². The van der Waals surface area contributed by atoms with Crippen molar-refractivity contribution < 1.29 is 14.3 Å². The molecule has 0 aliphatic rings. The van der Waals surface area contributed by atoms with E-state index in [9.17, 15) is 9.59 Å². The van der Waals surface area contributed by atoms with Crippen molar-refractivity contribution >= 4 is 46.4 Å². The molecule has 2 amide bonds. The quantitative estimate of drug-likeness (QED) is 0.800. The average Bonchev–Trinajstić information content (AvgIpc) is 2.51. The van der Waals surface area contributed by atoms with E-state index in [-0.39, 0.29) is 12.1 Å². The Bertz CT molecular complexity index is 715. The molecule has 0 radical (unpaired) electrons. The van der Waals surface area contributed by atoms with E-state index in [1.54, 1.807) is 42.5 Å². The molecule has 0 aliphatic carbocycles. The van der Waals surface area contributed by atoms with Gasteiger partial charge in [0.05, 0.1) is 22.8 Å². The summed E-state index contributed by atoms with van der Waals surface area (Å²) in [5, 5.41) is 5.76. The van der Waals surface area contributed by atoms with E-state index in [2.05, 4.69) is 10.6 Å². The lowest BCUT2D eigenvalue weighted by molar-refractivity contribution is -0.123. The molecule has 2 rings (SSSR count). The number of amides is 2. The second kappa shape index (κ2) is 7.85. The van der Waals surface area contributed by atoms with E-state index in [1.807, 2.05) is 0 Å². The Balaban J connectivity index is 1.96. The zero-order valence-electron chi connectivity index (χ0n) is 12.2. The first kappa shape index (κ1) is 17.1. The number of anilines is 2. The third-order valence-electron chi connectivity index (χ3n) is 2.90. The molecule has 0 spiro atoms. The Morgan fingerprint density at radius 3 is 2.26 bits per heavy atom. The van der Waals surface area contributed by atoms with Gasteiger partial charge in [0.1, 0.15) is 12.2 Å². The van der Waals surface area contributed by atoms with Crippen LogP contribution < -0.4 is 15.4 Å². The number of hydrogen-bond acceptors (Lipinski definition) is 3. The second-order valence-corrected chi connectivity index (χ2v) is 5.42. The minimum absolute atomic E-state index is 0.287. The minimum atomic E-state index is -0.514. The molecule has 2 aromatic rings. The zero-order chi connectivity index (χ0) is 16.8. The lowest BCUT2D eigenvalue weighted by Crippen LogP contribution is -2.21. The third kappa shape index (κ3) is 4.87. The predicted molar refractivity (Wildman–Crippen MR) is 91.3 cm³/mol. The maximum absolute atomic E-state index is 11.9. The Kier molecular flexibility index (Phi) is 5.84. The molecule has 23 heavy (non-hydrogen) atoms. The Hall–Kier alpha value is -2.24. The third-order valence-corrected chi connectivity index (χ3v) is 3.53. The van der Waals surface area contributed by atoms with Gasteiger partial charge in [-0.2, -0.15) is 0 Å². The summed E-state index contributed by atoms with van der Waals surface area (Å²) in [6.07, 6.45) is -0.362. The molecule has 2 N–H and O–H groups in total. The van der Waals surface area contributed by atoms with Crippen molar-refractivity contribution in [2.75, 3.05) is 17.7 Å². The van der Waals surface area contributed by atoms with Gasteiger partial charge >= 0.3 is 0 Å². The van der Waals surface area contributed by atoms with Crippen molar-refractivity contribution in [3.05, 3.63) is 52.5 Å². The molecular formula is C16H14Cl2N2O3. The first-order chi connectivity index (χ1) is 11.0. The highest BCUT2D eigenvalue weighted by Gasteiger charge is 2.13. The molecule has 0 saturated carbocycles. The molecule has 0 unspecified atom stereocenters. The highest BCUT2D eigenvalue weighted by Crippen LogP contribution is 2.29. The summed E-state index contributed by atoms with van der Waals surface area (Å²) in [5.41, 5.74) is 0.827. The van der Waals surface area contributed by atoms with Crippen molar-refractivity contribution in [3.8, 4) is 5.75 Å². The first-order valence-electron chi connectivity index (χ1n) is 6.67. The largest absolute Gasteiger partial charge is 0.497 e. The summed E-state index contributed by atoms with van der Waals surface area (Å²) in [7, 11) is 1.53. The van der Waals surface area contributed by atoms with Gasteiger partial charge in [0, 0.05) is 11.8 Å². The molecule has 5 nitrogen and oxygen atoms in total. The van der Waals surface area contributed by atoms with Gasteiger partial charge in [-0.1, -0.05) is 35.3 Å². The number of rotatable bonds is 5. The van der Waals surface area contributed by atoms with Crippen LogP contribution in [0.25, 0.3) is 0 Å². The van der Waals surface area contributed by atoms with Gasteiger partial charge in [0.25, 0.3) is 0 Å². The van der Waals surface area contributed by atoms with Gasteiger partial charge < -0.3 is 15.4 Å². The molecule has 0 bridgehead atoms. The molecule has 0 heterocycles. The van der Waals surface area contributed by atoms with E-state index in [0.29, 0.717) is 21.5 Å². The summed E-state index contributed by atoms with van der Waals surface area (Å²) in [5.74, 6) is -0.366. The van der Waals surface area contributed by atoms with E-state index >= 15 is 0 Å². The number of benzene rings is 2. The van der Waals surface area contributed by atoms with Crippen LogP contribution in [0.4, 0.5) is 11.4 Å². The van der Waals surface area contributed by atoms with Gasteiger partial charge in [-0.25, -0.2) is 0 Å². The van der Waals surface area contributed by atoms with E-state index < -0.39 is 11.8 Å². The number of nitrogens with one attached hydrogen (secondary N) is 2. The summed E-state index contributed by atoms with van der Waals surface area (Å²) in [6, 6.07) is 11.7. The highest BCUT2D eigenvalue weighted by atomic mass is 35.5. The maximum atomic E-state index is 11.9. The fourth-order valence-electron chi connectivity index (χ4n) is 1.85. The number of hydrogen-bond donors (Lipinski definition) is 2. The van der Waals surface area contributed by atoms with Crippen LogP contribution >= 0.6 is 23.2 Å². The fraction of sp³-hybridized carbons (Fsp3) is 0.125. The van der Waals surface area contributed by atoms with Crippen molar-refractivity contribution in [2.24, 2.45) is 0 Å². The van der Waals surface area contributed by atoms with Gasteiger partial charge in [-0.3, -0.25) is 9.59 Å². The van der Waals surface area contributed by atoms with Crippen LogP contribution in [0.3, 0.4) is 0 Å². The monoisotopic (exact) mass is 352 g/mol. The summed E-state index contributed by atoms with van der Waals surface area (Å²) < 4.78 is 5.06. The minimum Gasteiger partial charge on any atom is -0.497 e. The Labute approximate surface area is 143 Å². The first-order valence-corrected chi connectivity index (χ1v) is 7.43. The van der Waals surface area contributed by atoms with Crippen LogP contribution in [0.15, 0.2) is 42.5 Å². The summed E-state index contributed by atoms with van der Waals surface area (Å²) in [4.78, 5) is 23.8. The molecule has 0 saturated heterocycles. The molecule has 0 aromatic heterocycles. The van der Waals surface area contributed by atoms with E-state index in [0.717, 1.165) is 0 Å². The lowest BCUT2D eigenvalue weighted by Gasteiger charge is -2.10. The van der Waals surface area contributed by atoms with Gasteiger partial charge in [-0.15, -0.1) is 0 Å². The highest BCUT2D eigenvalue weighted by molar-refractivity contribution is 6.39. The molecule has 0 aliphatic heterocycles. The van der Waals surface area contributed by atoms with Gasteiger partial charge in [0.2, 0.25) is 11.8 Å². The standard InChI is InChI=1S/C16H14Cl2N2O3/c1-23-11-5-2-4-10(8-11)19-14(21)9-15(22)20-16-12(17)6-3-7-13(16)18/h2-8H,9H2,1H3,(H,19,21)(H,20,22). The number of ether oxygens (including phenoxy) is 1. The molecule has 7 heteroatoms. The van der Waals surface area contributed by atoms with Crippen LogP contribution in [-0.2, 0) is 9.59 Å². The summed E-state index contributed by atoms with van der Waals surface area (Å²) >= 11 is 11.9. The lowest BCUT2D eigenvalue weighted by atomic mass is 10.2. The van der Waals surface area contributed by atoms with Crippen LogP contribution in [0.2, 0.25) is 10.0 Å². The molecular weight excluding hydrogens is 339 g/mol. The second-order valence-electron chi connectivity index (χ2n) is 4.60. The van der Waals surface area contributed by atoms with Crippen LogP contribution in [0.1, 0.15) is 6.42 Å². The maximum Gasteiger partial charge on any atom is 0.233 e. The zero-order valence-corrected chi connectivity index (χ0v) is 13.7. The van der Waals surface area contributed by atoms with Crippen LogP contribution in [0.5, 0.6) is 5.75 Å². The smallest absolute Gasteiger partial charge is 0.233 e. The molecule has 2 aromatic carbocycles. The average molecular weight is 353 g/mol. The van der Waals surface area contributed by atoms with Crippen molar-refractivity contribution in [2.45, 2.75) is 6.42 Å². The molecule has 0 atom stereocenters. The van der Waals surface area contributed by atoms with Crippen molar-refractivity contribution in [1.29, 1.82) is 0 Å². The number of carbonyl (C=O) groups is 2. The van der Waals surface area contributed by atoms with Crippen molar-refractivity contribution in [1.82, 2.24) is 0 Å². The van der Waals surface area contributed by atoms with Gasteiger partial charge in [0.15, 0.2) is 0 Å². The van der Waals surface area contributed by atoms with Crippen LogP contribution in [-0.4, -0.2) is 18.9 Å². The van der Waals surface area contributed by atoms with Crippen LogP contribution in [0, 0.1) is 0 Å². The Morgan fingerprint density at radius 1 is 1.00 bits per heavy atom. The SMILES string of the molecule is COc1cccc(NC(=O)CC(=O)Nc2c(Cl)cccc2Cl)c1. The van der Waals surface area contributed by atoms with E-state index in [1.165, 1.54) is 7.11 Å². The molecule has 120 valence electrons. The number of methoxy groups -OCH3 is 1. The normalized spacial score (nSPS) is 10.0. The number of carbonyl (C=O) groups excluding carboxylic acids is 2. The number of para-hydroxylation sites is 1. The number of halogens is 2. The summed E-state index contributed by atoms with van der Waals surface area (Å²) in [6.45, 7) is 0. The Morgan fingerprint density at radius 2 is 1.61 bits per heavy atom. The fourth-order valence-corrected chi connectivity index (χ4v) is 2.34. The molecule has 0 fully saturated rings. The topological polar surface area (TPSA) is 67.4 Å². The van der Waals surface area contributed by atoms with E-state index in [4.69, 9.17) is 27.9 Å². The predicted octanol–water partition coefficient (Wildman–Crippen LogP) is 3.97.